The predicted octanol–water partition coefficient (Wildman–Crippen LogP) is 4.62. The minimum Gasteiger partial charge on any atom is -0.410 e. The van der Waals surface area contributed by atoms with Gasteiger partial charge in [0, 0.05) is 78.0 Å². The van der Waals surface area contributed by atoms with E-state index in [-0.39, 0.29) is 6.09 Å². The standard InChI is InChI=1S/C27H32N4O2/c1-28(2)21-12-8-19(9-13-21)27(20-10-14-22(15-11-20)29(3)4)24-17-16-23(30(5)6)18-25(24)33-26(32)31(27)7/h8-18H,1-7H3. The van der Waals surface area contributed by atoms with Crippen LogP contribution in [0.5, 0.6) is 5.75 Å². The smallest absolute Gasteiger partial charge is 0.410 e. The van der Waals surface area contributed by atoms with Gasteiger partial charge in [0.2, 0.25) is 0 Å². The molecule has 172 valence electrons. The van der Waals surface area contributed by atoms with Crippen LogP contribution in [0.2, 0.25) is 0 Å². The molecule has 3 aromatic carbocycles. The van der Waals surface area contributed by atoms with Crippen molar-refractivity contribution in [3.05, 3.63) is 83.4 Å². The van der Waals surface area contributed by atoms with Crippen LogP contribution in [0.3, 0.4) is 0 Å². The Morgan fingerprint density at radius 3 is 1.52 bits per heavy atom. The highest BCUT2D eigenvalue weighted by molar-refractivity contribution is 5.80. The minimum atomic E-state index is -0.828. The average Bonchev–Trinajstić information content (AvgIpc) is 2.80. The van der Waals surface area contributed by atoms with Crippen molar-refractivity contribution in [1.29, 1.82) is 0 Å². The van der Waals surface area contributed by atoms with Gasteiger partial charge in [-0.3, -0.25) is 4.90 Å². The maximum atomic E-state index is 13.2. The third kappa shape index (κ3) is 3.65. The summed E-state index contributed by atoms with van der Waals surface area (Å²) in [6.45, 7) is 0. The summed E-state index contributed by atoms with van der Waals surface area (Å²) in [5.74, 6) is 0.581. The number of amides is 1. The largest absolute Gasteiger partial charge is 0.416 e. The van der Waals surface area contributed by atoms with Gasteiger partial charge in [-0.15, -0.1) is 0 Å². The zero-order valence-electron chi connectivity index (χ0n) is 20.5. The summed E-state index contributed by atoms with van der Waals surface area (Å²) in [7, 11) is 13.8. The Hall–Kier alpha value is -3.67. The number of hydrogen-bond acceptors (Lipinski definition) is 5. The summed E-state index contributed by atoms with van der Waals surface area (Å²) in [6, 6.07) is 22.9. The van der Waals surface area contributed by atoms with Crippen molar-refractivity contribution in [1.82, 2.24) is 4.90 Å². The van der Waals surface area contributed by atoms with Crippen LogP contribution in [-0.2, 0) is 5.54 Å². The Morgan fingerprint density at radius 2 is 1.09 bits per heavy atom. The van der Waals surface area contributed by atoms with E-state index in [2.05, 4.69) is 70.5 Å². The van der Waals surface area contributed by atoms with E-state index < -0.39 is 5.54 Å². The van der Waals surface area contributed by atoms with Crippen LogP contribution in [0.25, 0.3) is 0 Å². The van der Waals surface area contributed by atoms with Crippen molar-refractivity contribution in [2.75, 3.05) is 64.0 Å². The van der Waals surface area contributed by atoms with E-state index in [1.54, 1.807) is 4.90 Å². The zero-order valence-corrected chi connectivity index (χ0v) is 20.5. The lowest BCUT2D eigenvalue weighted by molar-refractivity contribution is 0.115. The quantitative estimate of drug-likeness (QED) is 0.574. The van der Waals surface area contributed by atoms with Crippen LogP contribution in [-0.4, -0.2) is 60.3 Å². The molecule has 0 spiro atoms. The monoisotopic (exact) mass is 444 g/mol. The topological polar surface area (TPSA) is 39.3 Å². The summed E-state index contributed by atoms with van der Waals surface area (Å²) in [5.41, 5.74) is 5.29. The Bertz CT molecular complexity index is 1100. The molecule has 33 heavy (non-hydrogen) atoms. The van der Waals surface area contributed by atoms with E-state index in [4.69, 9.17) is 4.74 Å². The van der Waals surface area contributed by atoms with Crippen molar-refractivity contribution < 1.29 is 9.53 Å². The van der Waals surface area contributed by atoms with Gasteiger partial charge < -0.3 is 19.4 Å². The fraction of sp³-hybridized carbons (Fsp3) is 0.296. The molecule has 0 aromatic heterocycles. The lowest BCUT2D eigenvalue weighted by Gasteiger charge is -2.46. The number of benzene rings is 3. The Balaban J connectivity index is 2.03. The molecule has 1 heterocycles. The van der Waals surface area contributed by atoms with Gasteiger partial charge in [-0.1, -0.05) is 30.3 Å². The van der Waals surface area contributed by atoms with Crippen LogP contribution in [0.1, 0.15) is 16.7 Å². The first-order valence-corrected chi connectivity index (χ1v) is 11.0. The van der Waals surface area contributed by atoms with Crippen LogP contribution >= 0.6 is 0 Å². The second-order valence-corrected chi connectivity index (χ2v) is 9.09. The fourth-order valence-electron chi connectivity index (χ4n) is 4.52. The highest BCUT2D eigenvalue weighted by atomic mass is 16.6. The highest BCUT2D eigenvalue weighted by Crippen LogP contribution is 2.49. The number of ether oxygens (including phenoxy) is 1. The molecule has 0 bridgehead atoms. The molecule has 0 fully saturated rings. The summed E-state index contributed by atoms with van der Waals surface area (Å²) >= 11 is 0. The van der Waals surface area contributed by atoms with Crippen molar-refractivity contribution in [3.8, 4) is 5.75 Å². The molecule has 0 aliphatic carbocycles. The lowest BCUT2D eigenvalue weighted by atomic mass is 9.74. The number of fused-ring (bicyclic) bond motifs is 1. The third-order valence-electron chi connectivity index (χ3n) is 6.45. The number of hydrogen-bond donors (Lipinski definition) is 0. The fourth-order valence-corrected chi connectivity index (χ4v) is 4.52. The van der Waals surface area contributed by atoms with Crippen LogP contribution < -0.4 is 19.4 Å². The summed E-state index contributed by atoms with van der Waals surface area (Å²) in [5, 5.41) is 0. The molecule has 0 radical (unpaired) electrons. The zero-order chi connectivity index (χ0) is 23.9. The number of carbonyl (C=O) groups is 1. The van der Waals surface area contributed by atoms with Gasteiger partial charge in [-0.25, -0.2) is 4.79 Å². The third-order valence-corrected chi connectivity index (χ3v) is 6.45. The van der Waals surface area contributed by atoms with Gasteiger partial charge in [0.25, 0.3) is 0 Å². The van der Waals surface area contributed by atoms with E-state index in [1.165, 1.54) is 0 Å². The molecule has 0 N–H and O–H groups in total. The number of carbonyl (C=O) groups excluding carboxylic acids is 1. The molecule has 6 nitrogen and oxygen atoms in total. The molecule has 4 rings (SSSR count). The molecule has 1 aliphatic rings. The molecule has 6 heteroatoms. The predicted molar refractivity (Wildman–Crippen MR) is 136 cm³/mol. The van der Waals surface area contributed by atoms with Gasteiger partial charge in [0.05, 0.1) is 0 Å². The molecule has 1 amide bonds. The van der Waals surface area contributed by atoms with Gasteiger partial charge >= 0.3 is 6.09 Å². The van der Waals surface area contributed by atoms with Crippen molar-refractivity contribution >= 4 is 23.2 Å². The molecular formula is C27H32N4O2. The molecule has 1 aliphatic heterocycles. The molecule has 0 atom stereocenters. The first-order valence-electron chi connectivity index (χ1n) is 11.0. The van der Waals surface area contributed by atoms with Crippen molar-refractivity contribution in [3.63, 3.8) is 0 Å². The Morgan fingerprint density at radius 1 is 0.667 bits per heavy atom. The number of nitrogens with zero attached hydrogens (tertiary/aromatic N) is 4. The van der Waals surface area contributed by atoms with Crippen LogP contribution in [0.4, 0.5) is 21.9 Å². The van der Waals surface area contributed by atoms with Crippen LogP contribution in [0.15, 0.2) is 66.7 Å². The summed E-state index contributed by atoms with van der Waals surface area (Å²) in [4.78, 5) is 21.1. The van der Waals surface area contributed by atoms with Gasteiger partial charge in [-0.2, -0.15) is 0 Å². The van der Waals surface area contributed by atoms with Gasteiger partial charge in [-0.05, 0) is 41.5 Å². The second-order valence-electron chi connectivity index (χ2n) is 9.09. The molecule has 0 saturated heterocycles. The SMILES string of the molecule is CN(C)c1ccc(C2(c3ccc(N(C)C)cc3)c3ccc(N(C)C)cc3OC(=O)N2C)cc1. The summed E-state index contributed by atoms with van der Waals surface area (Å²) < 4.78 is 5.80. The summed E-state index contributed by atoms with van der Waals surface area (Å²) in [6.07, 6.45) is -0.383. The van der Waals surface area contributed by atoms with E-state index in [0.717, 1.165) is 33.8 Å². The Kier molecular flexibility index (Phi) is 5.70. The van der Waals surface area contributed by atoms with Crippen molar-refractivity contribution in [2.24, 2.45) is 0 Å². The second kappa shape index (κ2) is 8.35. The molecular weight excluding hydrogens is 412 g/mol. The van der Waals surface area contributed by atoms with E-state index in [1.807, 2.05) is 60.3 Å². The molecule has 0 unspecified atom stereocenters. The minimum absolute atomic E-state index is 0.383. The van der Waals surface area contributed by atoms with E-state index in [0.29, 0.717) is 5.75 Å². The lowest BCUT2D eigenvalue weighted by Crippen LogP contribution is -2.53. The number of anilines is 3. The number of rotatable bonds is 5. The highest BCUT2D eigenvalue weighted by Gasteiger charge is 2.49. The van der Waals surface area contributed by atoms with E-state index >= 15 is 0 Å². The molecule has 3 aromatic rings. The average molecular weight is 445 g/mol. The maximum absolute atomic E-state index is 13.2. The maximum Gasteiger partial charge on any atom is 0.416 e. The van der Waals surface area contributed by atoms with Crippen LogP contribution in [0, 0.1) is 0 Å². The first-order chi connectivity index (χ1) is 15.7. The van der Waals surface area contributed by atoms with Gasteiger partial charge in [0.1, 0.15) is 11.3 Å². The van der Waals surface area contributed by atoms with Crippen molar-refractivity contribution in [2.45, 2.75) is 5.54 Å². The first kappa shape index (κ1) is 22.5. The van der Waals surface area contributed by atoms with E-state index in [9.17, 15) is 4.79 Å². The normalized spacial score (nSPS) is 14.4. The Labute approximate surface area is 196 Å². The van der Waals surface area contributed by atoms with Gasteiger partial charge in [0.15, 0.2) is 0 Å². The molecule has 0 saturated carbocycles.